The number of furan rings is 1. The van der Waals surface area contributed by atoms with Crippen LogP contribution in [0, 0.1) is 0 Å². The molecule has 3 aromatic rings. The Morgan fingerprint density at radius 1 is 1.29 bits per heavy atom. The van der Waals surface area contributed by atoms with E-state index >= 15 is 0 Å². The minimum Gasteiger partial charge on any atom is -0.456 e. The number of anilines is 1. The van der Waals surface area contributed by atoms with E-state index in [1.165, 1.54) is 6.39 Å². The SMILES string of the molecule is CCc1ccc(C(=O)Nc2cccc(-c3nnco3)c2)o1. The number of nitrogens with one attached hydrogen (secondary N) is 1. The van der Waals surface area contributed by atoms with Crippen molar-refractivity contribution in [3.05, 3.63) is 54.3 Å². The highest BCUT2D eigenvalue weighted by molar-refractivity contribution is 6.02. The molecule has 21 heavy (non-hydrogen) atoms. The largest absolute Gasteiger partial charge is 0.456 e. The quantitative estimate of drug-likeness (QED) is 0.795. The lowest BCUT2D eigenvalue weighted by atomic mass is 10.2. The van der Waals surface area contributed by atoms with E-state index < -0.39 is 0 Å². The normalized spacial score (nSPS) is 10.5. The number of hydrogen-bond acceptors (Lipinski definition) is 5. The van der Waals surface area contributed by atoms with Gasteiger partial charge in [0.05, 0.1) is 0 Å². The lowest BCUT2D eigenvalue weighted by Gasteiger charge is -2.04. The zero-order chi connectivity index (χ0) is 14.7. The minimum absolute atomic E-state index is 0.287. The Labute approximate surface area is 120 Å². The summed E-state index contributed by atoms with van der Waals surface area (Å²) in [5, 5.41) is 10.2. The highest BCUT2D eigenvalue weighted by Gasteiger charge is 2.12. The van der Waals surface area contributed by atoms with Crippen LogP contribution in [-0.2, 0) is 6.42 Å². The van der Waals surface area contributed by atoms with Crippen LogP contribution in [0.1, 0.15) is 23.2 Å². The van der Waals surface area contributed by atoms with Gasteiger partial charge in [0, 0.05) is 17.7 Å². The zero-order valence-electron chi connectivity index (χ0n) is 11.4. The fourth-order valence-electron chi connectivity index (χ4n) is 1.91. The van der Waals surface area contributed by atoms with Gasteiger partial charge in [-0.2, -0.15) is 0 Å². The average molecular weight is 283 g/mol. The van der Waals surface area contributed by atoms with Crippen LogP contribution in [0.3, 0.4) is 0 Å². The molecular weight excluding hydrogens is 270 g/mol. The topological polar surface area (TPSA) is 81.2 Å². The van der Waals surface area contributed by atoms with Crippen molar-refractivity contribution >= 4 is 11.6 Å². The zero-order valence-corrected chi connectivity index (χ0v) is 11.4. The predicted octanol–water partition coefficient (Wildman–Crippen LogP) is 3.14. The van der Waals surface area contributed by atoms with E-state index in [2.05, 4.69) is 15.5 Å². The van der Waals surface area contributed by atoms with Gasteiger partial charge in [-0.25, -0.2) is 0 Å². The van der Waals surface area contributed by atoms with Crippen molar-refractivity contribution in [1.29, 1.82) is 0 Å². The second-order valence-corrected chi connectivity index (χ2v) is 4.40. The van der Waals surface area contributed by atoms with Crippen molar-refractivity contribution in [2.24, 2.45) is 0 Å². The lowest BCUT2D eigenvalue weighted by Crippen LogP contribution is -2.10. The number of aromatic nitrogens is 2. The van der Waals surface area contributed by atoms with E-state index in [4.69, 9.17) is 8.83 Å². The van der Waals surface area contributed by atoms with Crippen LogP contribution in [-0.4, -0.2) is 16.1 Å². The molecule has 0 radical (unpaired) electrons. The summed E-state index contributed by atoms with van der Waals surface area (Å²) in [6, 6.07) is 10.6. The molecule has 106 valence electrons. The number of carbonyl (C=O) groups is 1. The van der Waals surface area contributed by atoms with Crippen molar-refractivity contribution in [2.75, 3.05) is 5.32 Å². The average Bonchev–Trinajstić information content (AvgIpc) is 3.19. The van der Waals surface area contributed by atoms with Gasteiger partial charge in [-0.05, 0) is 30.3 Å². The highest BCUT2D eigenvalue weighted by atomic mass is 16.4. The first-order valence-electron chi connectivity index (χ1n) is 6.53. The maximum absolute atomic E-state index is 12.1. The summed E-state index contributed by atoms with van der Waals surface area (Å²) in [5.41, 5.74) is 1.36. The molecule has 0 saturated heterocycles. The van der Waals surface area contributed by atoms with Crippen LogP contribution in [0.2, 0.25) is 0 Å². The van der Waals surface area contributed by atoms with Gasteiger partial charge in [0.2, 0.25) is 12.3 Å². The summed E-state index contributed by atoms with van der Waals surface area (Å²) >= 11 is 0. The van der Waals surface area contributed by atoms with Gasteiger partial charge in [-0.3, -0.25) is 4.79 Å². The molecule has 2 heterocycles. The third-order valence-corrected chi connectivity index (χ3v) is 2.96. The monoisotopic (exact) mass is 283 g/mol. The van der Waals surface area contributed by atoms with E-state index in [0.717, 1.165) is 17.7 Å². The minimum atomic E-state index is -0.294. The molecule has 1 aromatic carbocycles. The Hall–Kier alpha value is -2.89. The molecule has 0 spiro atoms. The number of rotatable bonds is 4. The van der Waals surface area contributed by atoms with E-state index in [0.29, 0.717) is 11.6 Å². The van der Waals surface area contributed by atoms with Gasteiger partial charge < -0.3 is 14.2 Å². The number of carbonyl (C=O) groups excluding carboxylic acids is 1. The molecule has 6 heteroatoms. The molecule has 3 rings (SSSR count). The molecule has 6 nitrogen and oxygen atoms in total. The van der Waals surface area contributed by atoms with E-state index in [9.17, 15) is 4.79 Å². The first kappa shape index (κ1) is 13.1. The molecule has 0 aliphatic rings. The summed E-state index contributed by atoms with van der Waals surface area (Å²) in [4.78, 5) is 12.1. The number of nitrogens with zero attached hydrogens (tertiary/aromatic N) is 2. The standard InChI is InChI=1S/C15H13N3O3/c1-2-12-6-7-13(21-12)14(19)17-11-5-3-4-10(8-11)15-18-16-9-20-15/h3-9H,2H2,1H3,(H,17,19). The Morgan fingerprint density at radius 3 is 2.90 bits per heavy atom. The second-order valence-electron chi connectivity index (χ2n) is 4.40. The Kier molecular flexibility index (Phi) is 3.51. The van der Waals surface area contributed by atoms with Gasteiger partial charge in [-0.15, -0.1) is 10.2 Å². The van der Waals surface area contributed by atoms with Crippen LogP contribution in [0.5, 0.6) is 0 Å². The third kappa shape index (κ3) is 2.84. The smallest absolute Gasteiger partial charge is 0.291 e. The Balaban J connectivity index is 1.78. The van der Waals surface area contributed by atoms with Gasteiger partial charge >= 0.3 is 0 Å². The number of benzene rings is 1. The molecule has 0 unspecified atom stereocenters. The summed E-state index contributed by atoms with van der Waals surface area (Å²) in [7, 11) is 0. The molecular formula is C15H13N3O3. The van der Waals surface area contributed by atoms with E-state index in [1.54, 1.807) is 30.3 Å². The summed E-state index contributed by atoms with van der Waals surface area (Å²) in [5.74, 6) is 1.17. The number of aryl methyl sites for hydroxylation is 1. The van der Waals surface area contributed by atoms with Crippen molar-refractivity contribution in [3.8, 4) is 11.5 Å². The van der Waals surface area contributed by atoms with Crippen LogP contribution in [0.4, 0.5) is 5.69 Å². The van der Waals surface area contributed by atoms with E-state index in [1.807, 2.05) is 13.0 Å². The van der Waals surface area contributed by atoms with Gasteiger partial charge in [-0.1, -0.05) is 13.0 Å². The Morgan fingerprint density at radius 2 is 2.19 bits per heavy atom. The van der Waals surface area contributed by atoms with Gasteiger partial charge in [0.1, 0.15) is 5.76 Å². The van der Waals surface area contributed by atoms with Gasteiger partial charge in [0.25, 0.3) is 5.91 Å². The maximum atomic E-state index is 12.1. The van der Waals surface area contributed by atoms with Crippen LogP contribution < -0.4 is 5.32 Å². The number of amides is 1. The van der Waals surface area contributed by atoms with Crippen molar-refractivity contribution in [2.45, 2.75) is 13.3 Å². The molecule has 0 bridgehead atoms. The molecule has 0 fully saturated rings. The van der Waals surface area contributed by atoms with Crippen LogP contribution in [0.15, 0.2) is 51.6 Å². The molecule has 1 amide bonds. The fourth-order valence-corrected chi connectivity index (χ4v) is 1.91. The number of hydrogen-bond donors (Lipinski definition) is 1. The Bertz CT molecular complexity index is 747. The molecule has 0 aliphatic carbocycles. The third-order valence-electron chi connectivity index (χ3n) is 2.96. The van der Waals surface area contributed by atoms with Crippen molar-refractivity contribution in [3.63, 3.8) is 0 Å². The molecule has 1 N–H and O–H groups in total. The van der Waals surface area contributed by atoms with E-state index in [-0.39, 0.29) is 11.7 Å². The van der Waals surface area contributed by atoms with Crippen LogP contribution in [0.25, 0.3) is 11.5 Å². The predicted molar refractivity (Wildman–Crippen MR) is 75.8 cm³/mol. The summed E-state index contributed by atoms with van der Waals surface area (Å²) in [6.07, 6.45) is 2.01. The highest BCUT2D eigenvalue weighted by Crippen LogP contribution is 2.21. The fraction of sp³-hybridized carbons (Fsp3) is 0.133. The molecule has 0 atom stereocenters. The maximum Gasteiger partial charge on any atom is 0.291 e. The summed E-state index contributed by atoms with van der Waals surface area (Å²) < 4.78 is 10.5. The van der Waals surface area contributed by atoms with Crippen molar-refractivity contribution < 1.29 is 13.6 Å². The molecule has 0 saturated carbocycles. The van der Waals surface area contributed by atoms with Crippen molar-refractivity contribution in [1.82, 2.24) is 10.2 Å². The first-order chi connectivity index (χ1) is 10.3. The first-order valence-corrected chi connectivity index (χ1v) is 6.53. The lowest BCUT2D eigenvalue weighted by molar-refractivity contribution is 0.0995. The molecule has 0 aliphatic heterocycles. The summed E-state index contributed by atoms with van der Waals surface area (Å²) in [6.45, 7) is 1.97. The van der Waals surface area contributed by atoms with Crippen LogP contribution >= 0.6 is 0 Å². The molecule has 2 aromatic heterocycles. The second kappa shape index (κ2) is 5.62. The van der Waals surface area contributed by atoms with Gasteiger partial charge in [0.15, 0.2) is 5.76 Å².